The molecule has 0 radical (unpaired) electrons. The number of aromatic amines is 1. The Morgan fingerprint density at radius 2 is 1.75 bits per heavy atom. The number of fused-ring (bicyclic) bond motifs is 1. The summed E-state index contributed by atoms with van der Waals surface area (Å²) in [5.74, 6) is 0.412. The largest absolute Gasteiger partial charge is 0.337 e. The molecule has 4 aromatic rings. The zero-order valence-corrected chi connectivity index (χ0v) is 24.5. The molecular weight excluding hydrogens is 573 g/mol. The Balaban J connectivity index is 1.35. The molecule has 0 bridgehead atoms. The first kappa shape index (κ1) is 28.4. The topological polar surface area (TPSA) is 108 Å². The van der Waals surface area contributed by atoms with Crippen LogP contribution >= 0.6 is 34.8 Å². The van der Waals surface area contributed by atoms with Crippen LogP contribution in [0, 0.1) is 0 Å². The second kappa shape index (κ2) is 12.2. The first-order valence-corrected chi connectivity index (χ1v) is 14.4. The van der Waals surface area contributed by atoms with Gasteiger partial charge in [0, 0.05) is 30.2 Å². The number of H-pyrrole nitrogens is 1. The van der Waals surface area contributed by atoms with Crippen LogP contribution in [0.1, 0.15) is 49.7 Å². The van der Waals surface area contributed by atoms with Gasteiger partial charge in [-0.25, -0.2) is 14.5 Å². The van der Waals surface area contributed by atoms with Gasteiger partial charge in [-0.1, -0.05) is 60.8 Å². The molecule has 0 unspecified atom stereocenters. The quantitative estimate of drug-likeness (QED) is 0.229. The lowest BCUT2D eigenvalue weighted by atomic mass is 10.1. The lowest BCUT2D eigenvalue weighted by Crippen LogP contribution is -2.35. The van der Waals surface area contributed by atoms with Crippen LogP contribution in [0.15, 0.2) is 41.2 Å². The SMILES string of the molecule is CC(C)c1nn(-c2c(Cl)cc(Cl)cc2Cl)c2nc(Cc3ccc(NC(=O)NCCN4CCCC4)cc3)[nH]c(=O)c12. The maximum Gasteiger partial charge on any atom is 0.319 e. The van der Waals surface area contributed by atoms with Crippen molar-refractivity contribution in [3.05, 3.63) is 78.9 Å². The molecule has 40 heavy (non-hydrogen) atoms. The van der Waals surface area contributed by atoms with Gasteiger partial charge in [0.1, 0.15) is 16.9 Å². The van der Waals surface area contributed by atoms with Crippen LogP contribution in [0.3, 0.4) is 0 Å². The minimum atomic E-state index is -0.292. The summed E-state index contributed by atoms with van der Waals surface area (Å²) < 4.78 is 1.51. The lowest BCUT2D eigenvalue weighted by molar-refractivity contribution is 0.249. The fourth-order valence-corrected chi connectivity index (χ4v) is 5.86. The molecule has 0 aliphatic carbocycles. The van der Waals surface area contributed by atoms with Crippen molar-refractivity contribution in [1.29, 1.82) is 0 Å². The number of aromatic nitrogens is 4. The Morgan fingerprint density at radius 3 is 2.40 bits per heavy atom. The lowest BCUT2D eigenvalue weighted by Gasteiger charge is -2.15. The molecule has 0 spiro atoms. The molecule has 0 atom stereocenters. The van der Waals surface area contributed by atoms with Crippen molar-refractivity contribution in [2.24, 2.45) is 0 Å². The summed E-state index contributed by atoms with van der Waals surface area (Å²) in [6.45, 7) is 7.56. The number of likely N-dealkylation sites (tertiary alicyclic amines) is 1. The van der Waals surface area contributed by atoms with Crippen molar-refractivity contribution < 1.29 is 4.79 Å². The van der Waals surface area contributed by atoms with Crippen molar-refractivity contribution >= 4 is 57.6 Å². The normalized spacial score (nSPS) is 13.8. The first-order chi connectivity index (χ1) is 19.2. The number of carbonyl (C=O) groups excluding carboxylic acids is 1. The predicted molar refractivity (Wildman–Crippen MR) is 161 cm³/mol. The molecule has 3 N–H and O–H groups in total. The molecule has 12 heteroatoms. The average molecular weight is 603 g/mol. The van der Waals surface area contributed by atoms with Crippen molar-refractivity contribution in [2.45, 2.75) is 39.0 Å². The fourth-order valence-electron chi connectivity index (χ4n) is 4.89. The molecule has 2 aromatic heterocycles. The number of nitrogens with one attached hydrogen (secondary N) is 3. The number of hydrogen-bond donors (Lipinski definition) is 3. The minimum absolute atomic E-state index is 0.0418. The van der Waals surface area contributed by atoms with Gasteiger partial charge in [-0.2, -0.15) is 5.10 Å². The van der Waals surface area contributed by atoms with Gasteiger partial charge in [0.2, 0.25) is 0 Å². The van der Waals surface area contributed by atoms with E-state index in [-0.39, 0.29) is 17.5 Å². The number of amides is 2. The highest BCUT2D eigenvalue weighted by atomic mass is 35.5. The number of carbonyl (C=O) groups is 1. The molecule has 5 rings (SSSR count). The van der Waals surface area contributed by atoms with Crippen molar-refractivity contribution in [1.82, 2.24) is 30.0 Å². The Labute approximate surface area is 246 Å². The van der Waals surface area contributed by atoms with E-state index >= 15 is 0 Å². The van der Waals surface area contributed by atoms with Gasteiger partial charge >= 0.3 is 6.03 Å². The zero-order valence-electron chi connectivity index (χ0n) is 22.2. The monoisotopic (exact) mass is 601 g/mol. The summed E-state index contributed by atoms with van der Waals surface area (Å²) in [7, 11) is 0. The molecule has 2 amide bonds. The van der Waals surface area contributed by atoms with Gasteiger partial charge in [-0.15, -0.1) is 0 Å². The van der Waals surface area contributed by atoms with E-state index in [1.807, 2.05) is 38.1 Å². The van der Waals surface area contributed by atoms with Gasteiger partial charge in [0.25, 0.3) is 5.56 Å². The van der Waals surface area contributed by atoms with E-state index in [9.17, 15) is 9.59 Å². The van der Waals surface area contributed by atoms with Crippen LogP contribution < -0.4 is 16.2 Å². The van der Waals surface area contributed by atoms with E-state index in [4.69, 9.17) is 39.8 Å². The van der Waals surface area contributed by atoms with E-state index in [2.05, 4.69) is 25.6 Å². The van der Waals surface area contributed by atoms with Gasteiger partial charge in [-0.05, 0) is 61.7 Å². The standard InChI is InChI=1S/C28H30Cl3N7O2/c1-16(2)24-23-26(38(36-24)25-20(30)14-18(29)15-21(25)31)34-22(35-27(23)39)13-17-5-7-19(8-6-17)33-28(40)32-9-12-37-10-3-4-11-37/h5-8,14-16H,3-4,9-13H2,1-2H3,(H2,32,33,40)(H,34,35,39). The molecule has 1 fully saturated rings. The predicted octanol–water partition coefficient (Wildman–Crippen LogP) is 6.00. The van der Waals surface area contributed by atoms with E-state index in [1.54, 1.807) is 12.1 Å². The minimum Gasteiger partial charge on any atom is -0.337 e. The second-order valence-electron chi connectivity index (χ2n) is 10.2. The third-order valence-corrected chi connectivity index (χ3v) is 7.64. The maximum absolute atomic E-state index is 13.2. The Morgan fingerprint density at radius 1 is 1.07 bits per heavy atom. The number of rotatable bonds is 8. The van der Waals surface area contributed by atoms with E-state index in [1.165, 1.54) is 17.5 Å². The van der Waals surface area contributed by atoms with Gasteiger partial charge in [-0.3, -0.25) is 4.79 Å². The number of halogens is 3. The molecule has 0 saturated carbocycles. The summed E-state index contributed by atoms with van der Waals surface area (Å²) in [5.41, 5.74) is 2.64. The summed E-state index contributed by atoms with van der Waals surface area (Å²) in [6.07, 6.45) is 2.81. The van der Waals surface area contributed by atoms with Gasteiger partial charge in [0.05, 0.1) is 15.7 Å². The molecule has 9 nitrogen and oxygen atoms in total. The average Bonchev–Trinajstić information content (AvgIpc) is 3.54. The Bertz CT molecular complexity index is 1570. The van der Waals surface area contributed by atoms with E-state index in [0.29, 0.717) is 62.0 Å². The molecule has 1 saturated heterocycles. The Kier molecular flexibility index (Phi) is 8.65. The fraction of sp³-hybridized carbons (Fsp3) is 0.357. The smallest absolute Gasteiger partial charge is 0.319 e. The van der Waals surface area contributed by atoms with Crippen LogP contribution in [0.4, 0.5) is 10.5 Å². The van der Waals surface area contributed by atoms with Gasteiger partial charge < -0.3 is 20.5 Å². The zero-order chi connectivity index (χ0) is 28.4. The number of urea groups is 1. The first-order valence-electron chi connectivity index (χ1n) is 13.2. The number of anilines is 1. The van der Waals surface area contributed by atoms with Crippen LogP contribution in [0.2, 0.25) is 15.1 Å². The van der Waals surface area contributed by atoms with Crippen LogP contribution in [0.5, 0.6) is 0 Å². The van der Waals surface area contributed by atoms with Crippen molar-refractivity contribution in [3.63, 3.8) is 0 Å². The molecule has 3 heterocycles. The highest BCUT2D eigenvalue weighted by Crippen LogP contribution is 2.34. The van der Waals surface area contributed by atoms with E-state index in [0.717, 1.165) is 25.2 Å². The van der Waals surface area contributed by atoms with Crippen molar-refractivity contribution in [3.8, 4) is 5.69 Å². The highest BCUT2D eigenvalue weighted by Gasteiger charge is 2.23. The molecule has 1 aliphatic heterocycles. The molecule has 1 aliphatic rings. The van der Waals surface area contributed by atoms with Crippen molar-refractivity contribution in [2.75, 3.05) is 31.5 Å². The highest BCUT2D eigenvalue weighted by molar-refractivity contribution is 6.40. The summed E-state index contributed by atoms with van der Waals surface area (Å²) >= 11 is 19.1. The molecule has 210 valence electrons. The molecular formula is C28H30Cl3N7O2. The molecule has 2 aromatic carbocycles. The number of hydrogen-bond acceptors (Lipinski definition) is 5. The third-order valence-electron chi connectivity index (χ3n) is 6.85. The Hall–Kier alpha value is -3.11. The van der Waals surface area contributed by atoms with Gasteiger partial charge in [0.15, 0.2) is 5.65 Å². The maximum atomic E-state index is 13.2. The number of benzene rings is 2. The third kappa shape index (κ3) is 6.28. The van der Waals surface area contributed by atoms with E-state index < -0.39 is 0 Å². The van der Waals surface area contributed by atoms with Crippen LogP contribution in [-0.4, -0.2) is 56.9 Å². The summed E-state index contributed by atoms with van der Waals surface area (Å²) in [6, 6.07) is 10.3. The summed E-state index contributed by atoms with van der Waals surface area (Å²) in [5, 5.41) is 11.8. The summed E-state index contributed by atoms with van der Waals surface area (Å²) in [4.78, 5) is 35.5. The second-order valence-corrected chi connectivity index (χ2v) is 11.4. The van der Waals surface area contributed by atoms with Crippen LogP contribution in [0.25, 0.3) is 16.7 Å². The van der Waals surface area contributed by atoms with Crippen LogP contribution in [-0.2, 0) is 6.42 Å². The number of nitrogens with zero attached hydrogens (tertiary/aromatic N) is 4.